The standard InChI is InChI=1S/C18H16F3N3O3S/c1-13(17(25)23-12-18(19,20)21)24(15-7-3-2-4-8-15)28(26,27)16-9-5-6-14(10-16)11-22/h2-10,13H,12H2,1H3,(H,23,25). The van der Waals surface area contributed by atoms with Crippen molar-refractivity contribution in [3.05, 3.63) is 60.2 Å². The van der Waals surface area contributed by atoms with Gasteiger partial charge in [-0.25, -0.2) is 8.42 Å². The molecule has 0 spiro atoms. The number of carbonyl (C=O) groups excluding carboxylic acids is 1. The monoisotopic (exact) mass is 411 g/mol. The number of sulfonamides is 1. The van der Waals surface area contributed by atoms with E-state index in [-0.39, 0.29) is 16.1 Å². The Morgan fingerprint density at radius 2 is 1.82 bits per heavy atom. The Hall–Kier alpha value is -3.06. The van der Waals surface area contributed by atoms with Crippen molar-refractivity contribution in [2.24, 2.45) is 0 Å². The summed E-state index contributed by atoms with van der Waals surface area (Å²) in [6, 6.07) is 13.0. The van der Waals surface area contributed by atoms with Gasteiger partial charge in [-0.05, 0) is 37.3 Å². The molecule has 2 rings (SSSR count). The zero-order valence-electron chi connectivity index (χ0n) is 14.6. The highest BCUT2D eigenvalue weighted by Gasteiger charge is 2.35. The molecular formula is C18H16F3N3O3S. The van der Waals surface area contributed by atoms with Crippen LogP contribution in [0.3, 0.4) is 0 Å². The van der Waals surface area contributed by atoms with E-state index in [2.05, 4.69) is 0 Å². The van der Waals surface area contributed by atoms with Crippen molar-refractivity contribution in [1.82, 2.24) is 5.32 Å². The second-order valence-electron chi connectivity index (χ2n) is 5.79. The van der Waals surface area contributed by atoms with Gasteiger partial charge in [0, 0.05) is 0 Å². The molecule has 148 valence electrons. The number of nitriles is 1. The van der Waals surface area contributed by atoms with Crippen molar-refractivity contribution in [2.45, 2.75) is 24.0 Å². The number of para-hydroxylation sites is 1. The lowest BCUT2D eigenvalue weighted by Crippen LogP contribution is -2.49. The Balaban J connectivity index is 2.48. The molecular weight excluding hydrogens is 395 g/mol. The molecule has 2 aromatic carbocycles. The molecule has 6 nitrogen and oxygen atoms in total. The number of benzene rings is 2. The molecule has 10 heteroatoms. The van der Waals surface area contributed by atoms with Crippen LogP contribution < -0.4 is 9.62 Å². The number of amides is 1. The summed E-state index contributed by atoms with van der Waals surface area (Å²) in [7, 11) is -4.34. The molecule has 0 fully saturated rings. The number of nitrogens with one attached hydrogen (secondary N) is 1. The highest BCUT2D eigenvalue weighted by molar-refractivity contribution is 7.93. The number of hydrogen-bond donors (Lipinski definition) is 1. The van der Waals surface area contributed by atoms with Crippen molar-refractivity contribution < 1.29 is 26.4 Å². The molecule has 1 atom stereocenters. The fraction of sp³-hybridized carbons (Fsp3) is 0.222. The smallest absolute Gasteiger partial charge is 0.345 e. The minimum Gasteiger partial charge on any atom is -0.345 e. The molecule has 0 radical (unpaired) electrons. The lowest BCUT2D eigenvalue weighted by molar-refractivity contribution is -0.138. The highest BCUT2D eigenvalue weighted by atomic mass is 32.2. The maximum atomic E-state index is 13.2. The predicted molar refractivity (Wildman–Crippen MR) is 95.8 cm³/mol. The van der Waals surface area contributed by atoms with Crippen LogP contribution in [0.1, 0.15) is 12.5 Å². The molecule has 0 aromatic heterocycles. The van der Waals surface area contributed by atoms with Gasteiger partial charge in [0.25, 0.3) is 10.0 Å². The van der Waals surface area contributed by atoms with E-state index in [1.165, 1.54) is 49.4 Å². The van der Waals surface area contributed by atoms with Gasteiger partial charge < -0.3 is 5.32 Å². The summed E-state index contributed by atoms with van der Waals surface area (Å²) < 4.78 is 64.3. The molecule has 0 aliphatic carbocycles. The summed E-state index contributed by atoms with van der Waals surface area (Å²) >= 11 is 0. The van der Waals surface area contributed by atoms with Crippen molar-refractivity contribution in [2.75, 3.05) is 10.8 Å². The zero-order chi connectivity index (χ0) is 20.9. The van der Waals surface area contributed by atoms with Crippen LogP contribution in [0.15, 0.2) is 59.5 Å². The van der Waals surface area contributed by atoms with E-state index in [0.717, 1.165) is 10.4 Å². The van der Waals surface area contributed by atoms with Crippen LogP contribution >= 0.6 is 0 Å². The first-order valence-electron chi connectivity index (χ1n) is 8.00. The minimum atomic E-state index is -4.63. The summed E-state index contributed by atoms with van der Waals surface area (Å²) in [6.45, 7) is -0.396. The van der Waals surface area contributed by atoms with Crippen molar-refractivity contribution in [1.29, 1.82) is 5.26 Å². The molecule has 1 unspecified atom stereocenters. The maximum Gasteiger partial charge on any atom is 0.405 e. The molecule has 1 N–H and O–H groups in total. The Labute approximate surface area is 160 Å². The Morgan fingerprint density at radius 1 is 1.18 bits per heavy atom. The lowest BCUT2D eigenvalue weighted by atomic mass is 10.2. The van der Waals surface area contributed by atoms with Crippen molar-refractivity contribution in [3.63, 3.8) is 0 Å². The van der Waals surface area contributed by atoms with Crippen LogP contribution in [0.2, 0.25) is 0 Å². The topological polar surface area (TPSA) is 90.3 Å². The van der Waals surface area contributed by atoms with Gasteiger partial charge in [-0.1, -0.05) is 24.3 Å². The predicted octanol–water partition coefficient (Wildman–Crippen LogP) is 2.82. The number of nitrogens with zero attached hydrogens (tertiary/aromatic N) is 2. The third-order valence-corrected chi connectivity index (χ3v) is 5.62. The molecule has 0 heterocycles. The summed E-state index contributed by atoms with van der Waals surface area (Å²) in [6.07, 6.45) is -4.63. The average molecular weight is 411 g/mol. The third-order valence-electron chi connectivity index (χ3n) is 3.72. The SMILES string of the molecule is CC(C(=O)NCC(F)(F)F)N(c1ccccc1)S(=O)(=O)c1cccc(C#N)c1. The van der Waals surface area contributed by atoms with E-state index >= 15 is 0 Å². The number of hydrogen-bond acceptors (Lipinski definition) is 4. The van der Waals surface area contributed by atoms with Crippen LogP contribution in [0, 0.1) is 11.3 Å². The second-order valence-corrected chi connectivity index (χ2v) is 7.60. The quantitative estimate of drug-likeness (QED) is 0.792. The first kappa shape index (κ1) is 21.2. The van der Waals surface area contributed by atoms with Crippen molar-refractivity contribution >= 4 is 21.6 Å². The number of anilines is 1. The average Bonchev–Trinajstić information content (AvgIpc) is 2.66. The fourth-order valence-corrected chi connectivity index (χ4v) is 4.09. The van der Waals surface area contributed by atoms with E-state index in [0.29, 0.717) is 0 Å². The van der Waals surface area contributed by atoms with Gasteiger partial charge in [-0.3, -0.25) is 9.10 Å². The zero-order valence-corrected chi connectivity index (χ0v) is 15.5. The van der Waals surface area contributed by atoms with Gasteiger partial charge in [0.05, 0.1) is 22.2 Å². The van der Waals surface area contributed by atoms with E-state index in [9.17, 15) is 26.4 Å². The molecule has 1 amide bonds. The Kier molecular flexibility index (Phi) is 6.30. The molecule has 0 bridgehead atoms. The van der Waals surface area contributed by atoms with E-state index in [4.69, 9.17) is 5.26 Å². The summed E-state index contributed by atoms with van der Waals surface area (Å²) in [4.78, 5) is 12.0. The van der Waals surface area contributed by atoms with Gasteiger partial charge >= 0.3 is 6.18 Å². The minimum absolute atomic E-state index is 0.0864. The van der Waals surface area contributed by atoms with Crippen LogP contribution in [-0.4, -0.2) is 33.1 Å². The first-order chi connectivity index (χ1) is 13.1. The normalized spacial score (nSPS) is 12.7. The highest BCUT2D eigenvalue weighted by Crippen LogP contribution is 2.27. The molecule has 28 heavy (non-hydrogen) atoms. The van der Waals surface area contributed by atoms with Gasteiger partial charge in [0.15, 0.2) is 0 Å². The van der Waals surface area contributed by atoms with E-state index in [1.54, 1.807) is 11.4 Å². The summed E-state index contributed by atoms with van der Waals surface area (Å²) in [5.41, 5.74) is 0.183. The third kappa shape index (κ3) is 5.01. The second kappa shape index (κ2) is 8.31. The fourth-order valence-electron chi connectivity index (χ4n) is 2.43. The summed E-state index contributed by atoms with van der Waals surface area (Å²) in [5, 5.41) is 10.7. The van der Waals surface area contributed by atoms with E-state index < -0.39 is 34.7 Å². The van der Waals surface area contributed by atoms with Crippen LogP contribution in [0.5, 0.6) is 0 Å². The Morgan fingerprint density at radius 3 is 2.39 bits per heavy atom. The lowest BCUT2D eigenvalue weighted by Gasteiger charge is -2.30. The number of alkyl halides is 3. The Bertz CT molecular complexity index is 986. The maximum absolute atomic E-state index is 13.2. The number of rotatable bonds is 6. The largest absolute Gasteiger partial charge is 0.405 e. The van der Waals surface area contributed by atoms with Gasteiger partial charge in [-0.2, -0.15) is 18.4 Å². The van der Waals surface area contributed by atoms with Crippen molar-refractivity contribution in [3.8, 4) is 6.07 Å². The van der Waals surface area contributed by atoms with Gasteiger partial charge in [-0.15, -0.1) is 0 Å². The van der Waals surface area contributed by atoms with Gasteiger partial charge in [0.2, 0.25) is 5.91 Å². The molecule has 0 saturated heterocycles. The van der Waals surface area contributed by atoms with E-state index in [1.807, 2.05) is 6.07 Å². The van der Waals surface area contributed by atoms with Crippen LogP contribution in [0.4, 0.5) is 18.9 Å². The number of halogens is 3. The summed E-state index contributed by atoms with van der Waals surface area (Å²) in [5.74, 6) is -1.11. The van der Waals surface area contributed by atoms with Crippen LogP contribution in [-0.2, 0) is 14.8 Å². The number of carbonyl (C=O) groups is 1. The molecule has 0 saturated carbocycles. The first-order valence-corrected chi connectivity index (χ1v) is 9.44. The molecule has 0 aliphatic heterocycles. The molecule has 2 aromatic rings. The van der Waals surface area contributed by atoms with Crippen LogP contribution in [0.25, 0.3) is 0 Å². The van der Waals surface area contributed by atoms with Gasteiger partial charge in [0.1, 0.15) is 12.6 Å². The molecule has 0 aliphatic rings.